The van der Waals surface area contributed by atoms with Gasteiger partial charge >= 0.3 is 0 Å². The van der Waals surface area contributed by atoms with E-state index in [2.05, 4.69) is 10.3 Å². The molecule has 1 saturated carbocycles. The zero-order chi connectivity index (χ0) is 16.8. The monoisotopic (exact) mass is 343 g/mol. The van der Waals surface area contributed by atoms with Crippen LogP contribution in [-0.4, -0.2) is 16.1 Å². The summed E-state index contributed by atoms with van der Waals surface area (Å²) in [6.07, 6.45) is 9.71. The molecule has 0 unspecified atom stereocenters. The molecule has 5 heteroatoms. The molecule has 0 saturated heterocycles. The van der Waals surface area contributed by atoms with Crippen LogP contribution < -0.4 is 10.2 Å². The van der Waals surface area contributed by atoms with Crippen molar-refractivity contribution in [1.29, 1.82) is 0 Å². The number of pyridine rings is 1. The first-order valence-electron chi connectivity index (χ1n) is 8.45. The average Bonchev–Trinajstić information content (AvgIpc) is 2.62. The molecule has 0 amide bonds. The van der Waals surface area contributed by atoms with Crippen molar-refractivity contribution in [2.45, 2.75) is 44.7 Å². The molecule has 126 valence electrons. The van der Waals surface area contributed by atoms with Gasteiger partial charge in [-0.3, -0.25) is 4.98 Å². The molecule has 1 aliphatic carbocycles. The molecule has 0 spiro atoms. The molecule has 3 rings (SSSR count). The van der Waals surface area contributed by atoms with Gasteiger partial charge in [0.1, 0.15) is 5.82 Å². The molecule has 1 N–H and O–H groups in total. The fourth-order valence-corrected chi connectivity index (χ4v) is 3.41. The number of nitrogens with one attached hydrogen (secondary N) is 1. The molecule has 0 bridgehead atoms. The summed E-state index contributed by atoms with van der Waals surface area (Å²) in [5.41, 5.74) is 1.95. The van der Waals surface area contributed by atoms with Crippen LogP contribution in [0.3, 0.4) is 0 Å². The summed E-state index contributed by atoms with van der Waals surface area (Å²) in [4.78, 5) is 6.18. The van der Waals surface area contributed by atoms with Crippen molar-refractivity contribution in [3.05, 3.63) is 60.2 Å². The highest BCUT2D eigenvalue weighted by Gasteiger charge is 2.19. The van der Waals surface area contributed by atoms with Crippen LogP contribution in [0.2, 0.25) is 0 Å². The number of thiocarbonyl (C=S) groups is 1. The van der Waals surface area contributed by atoms with E-state index in [-0.39, 0.29) is 5.82 Å². The number of aromatic nitrogens is 1. The number of hydrogen-bond acceptors (Lipinski definition) is 2. The summed E-state index contributed by atoms with van der Waals surface area (Å²) >= 11 is 5.67. The van der Waals surface area contributed by atoms with Gasteiger partial charge in [0.2, 0.25) is 0 Å². The molecule has 24 heavy (non-hydrogen) atoms. The van der Waals surface area contributed by atoms with Crippen molar-refractivity contribution in [3.8, 4) is 0 Å². The highest BCUT2D eigenvalue weighted by Crippen LogP contribution is 2.21. The van der Waals surface area contributed by atoms with Crippen molar-refractivity contribution in [1.82, 2.24) is 10.3 Å². The van der Waals surface area contributed by atoms with Gasteiger partial charge in [0.25, 0.3) is 0 Å². The summed E-state index contributed by atoms with van der Waals surface area (Å²) in [7, 11) is 0. The second-order valence-electron chi connectivity index (χ2n) is 6.21. The first-order chi connectivity index (χ1) is 11.7. The minimum atomic E-state index is -0.244. The third-order valence-corrected chi connectivity index (χ3v) is 4.72. The molecule has 1 aromatic heterocycles. The van der Waals surface area contributed by atoms with Gasteiger partial charge in [-0.05, 0) is 61.0 Å². The van der Waals surface area contributed by atoms with Gasteiger partial charge in [0.15, 0.2) is 5.11 Å². The van der Waals surface area contributed by atoms with E-state index in [0.29, 0.717) is 17.7 Å². The second-order valence-corrected chi connectivity index (χ2v) is 6.59. The van der Waals surface area contributed by atoms with Crippen LogP contribution in [0.15, 0.2) is 48.8 Å². The van der Waals surface area contributed by atoms with Crippen LogP contribution in [-0.2, 0) is 6.54 Å². The Bertz CT molecular complexity index is 654. The number of benzene rings is 1. The summed E-state index contributed by atoms with van der Waals surface area (Å²) in [5.74, 6) is -0.244. The van der Waals surface area contributed by atoms with Crippen LogP contribution in [0.4, 0.5) is 10.1 Å². The van der Waals surface area contributed by atoms with Crippen molar-refractivity contribution in [3.63, 3.8) is 0 Å². The van der Waals surface area contributed by atoms with E-state index in [0.717, 1.165) is 24.1 Å². The number of hydrogen-bond donors (Lipinski definition) is 1. The van der Waals surface area contributed by atoms with Crippen molar-refractivity contribution in [2.75, 3.05) is 4.90 Å². The molecular formula is C19H22FN3S. The topological polar surface area (TPSA) is 28.2 Å². The van der Waals surface area contributed by atoms with Gasteiger partial charge in [-0.25, -0.2) is 4.39 Å². The smallest absolute Gasteiger partial charge is 0.173 e. The lowest BCUT2D eigenvalue weighted by Crippen LogP contribution is -2.45. The van der Waals surface area contributed by atoms with E-state index < -0.39 is 0 Å². The molecule has 0 atom stereocenters. The Kier molecular flexibility index (Phi) is 5.75. The largest absolute Gasteiger partial charge is 0.360 e. The Morgan fingerprint density at radius 1 is 1.17 bits per heavy atom. The first kappa shape index (κ1) is 16.8. The van der Waals surface area contributed by atoms with Gasteiger partial charge in [-0.15, -0.1) is 0 Å². The van der Waals surface area contributed by atoms with Gasteiger partial charge in [-0.1, -0.05) is 25.3 Å². The standard InChI is InChI=1S/C19H22FN3S/c20-16-8-10-18(11-9-16)23(14-15-5-4-12-21-13-15)19(24)22-17-6-2-1-3-7-17/h4-5,8-13,17H,1-3,6-7,14H2,(H,22,24). The highest BCUT2D eigenvalue weighted by molar-refractivity contribution is 7.80. The Morgan fingerprint density at radius 3 is 2.58 bits per heavy atom. The Morgan fingerprint density at radius 2 is 1.92 bits per heavy atom. The average molecular weight is 343 g/mol. The molecule has 1 heterocycles. The van der Waals surface area contributed by atoms with Crippen LogP contribution in [0.1, 0.15) is 37.7 Å². The van der Waals surface area contributed by atoms with Crippen LogP contribution in [0, 0.1) is 5.82 Å². The molecule has 1 fully saturated rings. The lowest BCUT2D eigenvalue weighted by Gasteiger charge is -2.31. The number of halogens is 1. The molecule has 1 aliphatic rings. The molecule has 2 aromatic rings. The van der Waals surface area contributed by atoms with E-state index in [1.807, 2.05) is 23.2 Å². The normalized spacial score (nSPS) is 15.0. The van der Waals surface area contributed by atoms with E-state index in [9.17, 15) is 4.39 Å². The van der Waals surface area contributed by atoms with E-state index in [1.54, 1.807) is 18.3 Å². The molecule has 0 aliphatic heterocycles. The summed E-state index contributed by atoms with van der Waals surface area (Å²) in [6.45, 7) is 0.609. The maximum absolute atomic E-state index is 13.3. The predicted octanol–water partition coefficient (Wildman–Crippen LogP) is 4.43. The Hall–Kier alpha value is -2.01. The highest BCUT2D eigenvalue weighted by atomic mass is 32.1. The first-order valence-corrected chi connectivity index (χ1v) is 8.86. The predicted molar refractivity (Wildman–Crippen MR) is 99.4 cm³/mol. The van der Waals surface area contributed by atoms with Gasteiger partial charge in [-0.2, -0.15) is 0 Å². The fraction of sp³-hybridized carbons (Fsp3) is 0.368. The van der Waals surface area contributed by atoms with Crippen LogP contribution in [0.5, 0.6) is 0 Å². The summed E-state index contributed by atoms with van der Waals surface area (Å²) in [6, 6.07) is 10.8. The second kappa shape index (κ2) is 8.20. The number of rotatable bonds is 4. The van der Waals surface area contributed by atoms with Gasteiger partial charge in [0.05, 0.1) is 6.54 Å². The summed E-state index contributed by atoms with van der Waals surface area (Å²) in [5, 5.41) is 4.19. The Labute approximate surface area is 147 Å². The quantitative estimate of drug-likeness (QED) is 0.831. The third kappa shape index (κ3) is 4.51. The minimum absolute atomic E-state index is 0.244. The zero-order valence-electron chi connectivity index (χ0n) is 13.6. The van der Waals surface area contributed by atoms with E-state index in [4.69, 9.17) is 12.2 Å². The van der Waals surface area contributed by atoms with Crippen LogP contribution in [0.25, 0.3) is 0 Å². The molecule has 3 nitrogen and oxygen atoms in total. The molecule has 0 radical (unpaired) electrons. The third-order valence-electron chi connectivity index (χ3n) is 4.38. The Balaban J connectivity index is 1.77. The lowest BCUT2D eigenvalue weighted by atomic mass is 9.96. The summed E-state index contributed by atoms with van der Waals surface area (Å²) < 4.78 is 13.3. The van der Waals surface area contributed by atoms with E-state index >= 15 is 0 Å². The van der Waals surface area contributed by atoms with Crippen molar-refractivity contribution >= 4 is 23.0 Å². The van der Waals surface area contributed by atoms with E-state index in [1.165, 1.54) is 31.4 Å². The van der Waals surface area contributed by atoms with Gasteiger partial charge in [0, 0.05) is 24.1 Å². The van der Waals surface area contributed by atoms with Gasteiger partial charge < -0.3 is 10.2 Å². The maximum atomic E-state index is 13.3. The SMILES string of the molecule is Fc1ccc(N(Cc2cccnc2)C(=S)NC2CCCCC2)cc1. The van der Waals surface area contributed by atoms with Crippen molar-refractivity contribution in [2.24, 2.45) is 0 Å². The van der Waals surface area contributed by atoms with Crippen LogP contribution >= 0.6 is 12.2 Å². The molecule has 1 aromatic carbocycles. The maximum Gasteiger partial charge on any atom is 0.173 e. The number of nitrogens with zero attached hydrogens (tertiary/aromatic N) is 2. The number of anilines is 1. The zero-order valence-corrected chi connectivity index (χ0v) is 14.4. The molecular weight excluding hydrogens is 321 g/mol. The van der Waals surface area contributed by atoms with Crippen molar-refractivity contribution < 1.29 is 4.39 Å². The fourth-order valence-electron chi connectivity index (χ4n) is 3.08. The minimum Gasteiger partial charge on any atom is -0.360 e. The lowest BCUT2D eigenvalue weighted by molar-refractivity contribution is 0.413.